The molecule has 14 heavy (non-hydrogen) atoms. The average Bonchev–Trinajstić information content (AvgIpc) is 2.71. The van der Waals surface area contributed by atoms with Gasteiger partial charge < -0.3 is 14.7 Å². The van der Waals surface area contributed by atoms with Crippen LogP contribution in [0.1, 0.15) is 24.6 Å². The lowest BCUT2D eigenvalue weighted by Crippen LogP contribution is -2.04. The first-order valence-electron chi connectivity index (χ1n) is 4.19. The molecule has 0 amide bonds. The molecule has 0 aliphatic rings. The highest BCUT2D eigenvalue weighted by Crippen LogP contribution is 2.22. The molecule has 0 saturated heterocycles. The second-order valence-corrected chi connectivity index (χ2v) is 3.03. The fourth-order valence-electron chi connectivity index (χ4n) is 1.03. The number of rotatable bonds is 2. The molecule has 2 heterocycles. The number of nitrogens with zero attached hydrogens (tertiary/aromatic N) is 3. The lowest BCUT2D eigenvalue weighted by molar-refractivity contribution is 0.397. The number of hydrogen-bond donors (Lipinski definition) is 1. The SMILES string of the molecule is Cc1oncc1-c1nnc([C@H](C)N)o1. The summed E-state index contributed by atoms with van der Waals surface area (Å²) >= 11 is 0. The van der Waals surface area contributed by atoms with Crippen LogP contribution in [-0.2, 0) is 0 Å². The van der Waals surface area contributed by atoms with Crippen LogP contribution in [0, 0.1) is 6.92 Å². The number of hydrogen-bond acceptors (Lipinski definition) is 6. The van der Waals surface area contributed by atoms with E-state index in [1.165, 1.54) is 6.20 Å². The summed E-state index contributed by atoms with van der Waals surface area (Å²) in [5, 5.41) is 11.3. The maximum Gasteiger partial charge on any atom is 0.253 e. The minimum atomic E-state index is -0.267. The van der Waals surface area contributed by atoms with E-state index in [1.807, 2.05) is 0 Å². The van der Waals surface area contributed by atoms with Gasteiger partial charge in [0.25, 0.3) is 5.89 Å². The van der Waals surface area contributed by atoms with E-state index >= 15 is 0 Å². The van der Waals surface area contributed by atoms with Crippen molar-refractivity contribution in [1.82, 2.24) is 15.4 Å². The van der Waals surface area contributed by atoms with Crippen molar-refractivity contribution in [3.8, 4) is 11.5 Å². The Morgan fingerprint density at radius 3 is 2.71 bits per heavy atom. The molecule has 0 bridgehead atoms. The van der Waals surface area contributed by atoms with Gasteiger partial charge in [0.05, 0.1) is 12.2 Å². The molecule has 0 unspecified atom stereocenters. The Hall–Kier alpha value is -1.69. The van der Waals surface area contributed by atoms with E-state index in [1.54, 1.807) is 13.8 Å². The summed E-state index contributed by atoms with van der Waals surface area (Å²) < 4.78 is 10.2. The first kappa shape index (κ1) is 8.89. The average molecular weight is 194 g/mol. The summed E-state index contributed by atoms with van der Waals surface area (Å²) in [5.41, 5.74) is 6.28. The van der Waals surface area contributed by atoms with Crippen molar-refractivity contribution in [1.29, 1.82) is 0 Å². The van der Waals surface area contributed by atoms with Crippen LogP contribution in [0.15, 0.2) is 15.1 Å². The van der Waals surface area contributed by atoms with Crippen LogP contribution in [0.2, 0.25) is 0 Å². The predicted molar refractivity (Wildman–Crippen MR) is 47.1 cm³/mol. The molecular formula is C8H10N4O2. The van der Waals surface area contributed by atoms with Crippen molar-refractivity contribution in [2.45, 2.75) is 19.9 Å². The van der Waals surface area contributed by atoms with E-state index in [-0.39, 0.29) is 6.04 Å². The minimum Gasteiger partial charge on any atom is -0.419 e. The fraction of sp³-hybridized carbons (Fsp3) is 0.375. The Morgan fingerprint density at radius 2 is 2.21 bits per heavy atom. The van der Waals surface area contributed by atoms with Crippen molar-refractivity contribution < 1.29 is 8.94 Å². The molecule has 0 spiro atoms. The molecule has 0 aliphatic carbocycles. The first-order chi connectivity index (χ1) is 6.68. The fourth-order valence-corrected chi connectivity index (χ4v) is 1.03. The van der Waals surface area contributed by atoms with Crippen LogP contribution < -0.4 is 5.73 Å². The van der Waals surface area contributed by atoms with Crippen LogP contribution in [0.3, 0.4) is 0 Å². The second kappa shape index (κ2) is 3.22. The summed E-state index contributed by atoms with van der Waals surface area (Å²) in [5.74, 6) is 1.43. The van der Waals surface area contributed by atoms with E-state index in [0.29, 0.717) is 23.1 Å². The molecule has 2 N–H and O–H groups in total. The van der Waals surface area contributed by atoms with E-state index in [2.05, 4.69) is 15.4 Å². The van der Waals surface area contributed by atoms with Gasteiger partial charge in [0.15, 0.2) is 0 Å². The van der Waals surface area contributed by atoms with Gasteiger partial charge in [0.2, 0.25) is 5.89 Å². The monoisotopic (exact) mass is 194 g/mol. The molecular weight excluding hydrogens is 184 g/mol. The van der Waals surface area contributed by atoms with E-state index in [9.17, 15) is 0 Å². The standard InChI is InChI=1S/C8H10N4O2/c1-4(9)7-11-12-8(13-7)6-3-10-14-5(6)2/h3-4H,9H2,1-2H3/t4-/m0/s1. The van der Waals surface area contributed by atoms with Gasteiger partial charge in [-0.1, -0.05) is 5.16 Å². The molecule has 0 saturated carbocycles. The normalized spacial score (nSPS) is 13.1. The summed E-state index contributed by atoms with van der Waals surface area (Å²) in [6, 6.07) is -0.267. The minimum absolute atomic E-state index is 0.267. The summed E-state index contributed by atoms with van der Waals surface area (Å²) in [6.45, 7) is 3.55. The largest absolute Gasteiger partial charge is 0.419 e. The molecule has 0 radical (unpaired) electrons. The molecule has 74 valence electrons. The molecule has 2 aromatic heterocycles. The Labute approximate surface area is 80.1 Å². The van der Waals surface area contributed by atoms with Gasteiger partial charge in [-0.25, -0.2) is 0 Å². The van der Waals surface area contributed by atoms with Gasteiger partial charge in [-0.3, -0.25) is 0 Å². The summed E-state index contributed by atoms with van der Waals surface area (Å²) in [7, 11) is 0. The van der Waals surface area contributed by atoms with E-state index < -0.39 is 0 Å². The van der Waals surface area contributed by atoms with Gasteiger partial charge in [0.1, 0.15) is 11.3 Å². The second-order valence-electron chi connectivity index (χ2n) is 3.03. The topological polar surface area (TPSA) is 91.0 Å². The van der Waals surface area contributed by atoms with Crippen LogP contribution in [0.4, 0.5) is 0 Å². The van der Waals surface area contributed by atoms with E-state index in [0.717, 1.165) is 0 Å². The van der Waals surface area contributed by atoms with E-state index in [4.69, 9.17) is 14.7 Å². The molecule has 0 aliphatic heterocycles. The summed E-state index contributed by atoms with van der Waals surface area (Å²) in [6.07, 6.45) is 1.54. The predicted octanol–water partition coefficient (Wildman–Crippen LogP) is 1.05. The Bertz CT molecular complexity index is 432. The lowest BCUT2D eigenvalue weighted by atomic mass is 10.3. The van der Waals surface area contributed by atoms with Gasteiger partial charge in [-0.15, -0.1) is 10.2 Å². The molecule has 0 fully saturated rings. The molecule has 6 nitrogen and oxygen atoms in total. The summed E-state index contributed by atoms with van der Waals surface area (Å²) in [4.78, 5) is 0. The Kier molecular flexibility index (Phi) is 2.05. The van der Waals surface area contributed by atoms with Crippen LogP contribution in [0.5, 0.6) is 0 Å². The van der Waals surface area contributed by atoms with Crippen molar-refractivity contribution in [2.75, 3.05) is 0 Å². The third kappa shape index (κ3) is 1.39. The smallest absolute Gasteiger partial charge is 0.253 e. The van der Waals surface area contributed by atoms with Crippen LogP contribution >= 0.6 is 0 Å². The molecule has 0 aromatic carbocycles. The molecule has 2 rings (SSSR count). The zero-order valence-electron chi connectivity index (χ0n) is 7.89. The third-order valence-electron chi connectivity index (χ3n) is 1.81. The van der Waals surface area contributed by atoms with Crippen molar-refractivity contribution in [3.05, 3.63) is 17.8 Å². The zero-order valence-corrected chi connectivity index (χ0v) is 7.89. The number of nitrogens with two attached hydrogens (primary N) is 1. The first-order valence-corrected chi connectivity index (χ1v) is 4.19. The van der Waals surface area contributed by atoms with Crippen LogP contribution in [-0.4, -0.2) is 15.4 Å². The van der Waals surface area contributed by atoms with Gasteiger partial charge in [0, 0.05) is 0 Å². The molecule has 1 atom stereocenters. The molecule has 6 heteroatoms. The van der Waals surface area contributed by atoms with Crippen molar-refractivity contribution in [2.24, 2.45) is 5.73 Å². The highest BCUT2D eigenvalue weighted by molar-refractivity contribution is 5.52. The highest BCUT2D eigenvalue weighted by atomic mass is 16.5. The molecule has 2 aromatic rings. The maximum absolute atomic E-state index is 5.58. The highest BCUT2D eigenvalue weighted by Gasteiger charge is 2.15. The number of aryl methyl sites for hydroxylation is 1. The van der Waals surface area contributed by atoms with Crippen LogP contribution in [0.25, 0.3) is 11.5 Å². The number of aromatic nitrogens is 3. The maximum atomic E-state index is 5.58. The lowest BCUT2D eigenvalue weighted by Gasteiger charge is -1.94. The van der Waals surface area contributed by atoms with Gasteiger partial charge in [-0.05, 0) is 13.8 Å². The zero-order chi connectivity index (χ0) is 10.1. The van der Waals surface area contributed by atoms with Gasteiger partial charge in [-0.2, -0.15) is 0 Å². The Morgan fingerprint density at radius 1 is 1.43 bits per heavy atom. The Balaban J connectivity index is 2.39. The quantitative estimate of drug-likeness (QED) is 0.768. The van der Waals surface area contributed by atoms with Crippen molar-refractivity contribution >= 4 is 0 Å². The van der Waals surface area contributed by atoms with Gasteiger partial charge >= 0.3 is 0 Å². The van der Waals surface area contributed by atoms with Crippen molar-refractivity contribution in [3.63, 3.8) is 0 Å². The third-order valence-corrected chi connectivity index (χ3v) is 1.81.